The normalized spacial score (nSPS) is 10.9. The molecule has 0 bridgehead atoms. The van der Waals surface area contributed by atoms with Crippen molar-refractivity contribution in [2.45, 2.75) is 6.54 Å². The van der Waals surface area contributed by atoms with Crippen LogP contribution in [0.1, 0.15) is 11.1 Å². The maximum atomic E-state index is 13.2. The Bertz CT molecular complexity index is 1650. The number of phenolic OH excluding ortho intramolecular Hbond substituents is 1. The molecule has 0 saturated heterocycles. The lowest BCUT2D eigenvalue weighted by Crippen LogP contribution is -2.20. The van der Waals surface area contributed by atoms with E-state index in [2.05, 4.69) is 16.4 Å². The Morgan fingerprint density at radius 1 is 1.08 bits per heavy atom. The number of halogens is 1. The largest absolute Gasteiger partial charge is 0.504 e. The summed E-state index contributed by atoms with van der Waals surface area (Å²) in [5.41, 5.74) is 3.55. The highest BCUT2D eigenvalue weighted by Gasteiger charge is 2.13. The van der Waals surface area contributed by atoms with E-state index in [1.165, 1.54) is 28.3 Å². The van der Waals surface area contributed by atoms with E-state index >= 15 is 0 Å². The summed E-state index contributed by atoms with van der Waals surface area (Å²) < 4.78 is 7.64. The summed E-state index contributed by atoms with van der Waals surface area (Å²) in [6.45, 7) is 1.55. The van der Waals surface area contributed by atoms with Crippen molar-refractivity contribution in [3.8, 4) is 33.7 Å². The van der Waals surface area contributed by atoms with Gasteiger partial charge in [0.2, 0.25) is 0 Å². The van der Waals surface area contributed by atoms with E-state index in [0.717, 1.165) is 16.0 Å². The smallest absolute Gasteiger partial charge is 0.275 e. The maximum absolute atomic E-state index is 13.2. The van der Waals surface area contributed by atoms with Crippen LogP contribution >= 0.6 is 22.9 Å². The Kier molecular flexibility index (Phi) is 7.19. The van der Waals surface area contributed by atoms with E-state index in [1.54, 1.807) is 24.3 Å². The summed E-state index contributed by atoms with van der Waals surface area (Å²) in [4.78, 5) is 18.6. The minimum Gasteiger partial charge on any atom is -0.504 e. The fourth-order valence-electron chi connectivity index (χ4n) is 3.79. The van der Waals surface area contributed by atoms with Crippen LogP contribution in [0.2, 0.25) is 5.02 Å². The third-order valence-electron chi connectivity index (χ3n) is 5.74. The van der Waals surface area contributed by atoms with Gasteiger partial charge in [0.25, 0.3) is 5.56 Å². The second-order valence-corrected chi connectivity index (χ2v) is 9.73. The molecule has 184 valence electrons. The molecule has 7 nitrogen and oxygen atoms in total. The van der Waals surface area contributed by atoms with Crippen molar-refractivity contribution in [3.63, 3.8) is 0 Å². The fourth-order valence-corrected chi connectivity index (χ4v) is 4.97. The zero-order valence-corrected chi connectivity index (χ0v) is 21.1. The van der Waals surface area contributed by atoms with Crippen LogP contribution in [0.25, 0.3) is 26.3 Å². The molecule has 0 saturated carbocycles. The van der Waals surface area contributed by atoms with Gasteiger partial charge in [-0.1, -0.05) is 35.9 Å². The quantitative estimate of drug-likeness (QED) is 0.257. The standard InChI is InChI=1S/C28H21ClN4O3S/c29-21-7-5-20(6-8-21)26-14-23-27(37-26)28(35)33(17-32-23)22-9-10-25(24(34)13-22)36-12-11-31-16-19-3-1-18(15-30)2-4-19/h1-10,13-14,17,31,34H,11-12,16H2. The number of benzene rings is 3. The average molecular weight is 529 g/mol. The van der Waals surface area contributed by atoms with Gasteiger partial charge in [-0.2, -0.15) is 5.26 Å². The number of nitrogens with zero attached hydrogens (tertiary/aromatic N) is 3. The van der Waals surface area contributed by atoms with Crippen molar-refractivity contribution in [2.75, 3.05) is 13.2 Å². The summed E-state index contributed by atoms with van der Waals surface area (Å²) in [6, 6.07) is 23.6. The lowest BCUT2D eigenvalue weighted by Gasteiger charge is -2.11. The highest BCUT2D eigenvalue weighted by atomic mass is 35.5. The molecule has 0 atom stereocenters. The molecule has 3 aromatic carbocycles. The molecule has 5 aromatic rings. The number of aromatic hydroxyl groups is 1. The van der Waals surface area contributed by atoms with E-state index in [4.69, 9.17) is 21.6 Å². The summed E-state index contributed by atoms with van der Waals surface area (Å²) in [7, 11) is 0. The van der Waals surface area contributed by atoms with Crippen molar-refractivity contribution in [1.29, 1.82) is 5.26 Å². The SMILES string of the molecule is N#Cc1ccc(CNCCOc2ccc(-n3cnc4cc(-c5ccc(Cl)cc5)sc4c3=O)cc2O)cc1. The first-order valence-electron chi connectivity index (χ1n) is 11.4. The second kappa shape index (κ2) is 10.8. The molecule has 2 N–H and O–H groups in total. The minimum atomic E-state index is -0.213. The first kappa shape index (κ1) is 24.5. The Morgan fingerprint density at radius 2 is 1.86 bits per heavy atom. The van der Waals surface area contributed by atoms with E-state index in [0.29, 0.717) is 51.9 Å². The van der Waals surface area contributed by atoms with Crippen LogP contribution in [0.5, 0.6) is 11.5 Å². The van der Waals surface area contributed by atoms with Crippen molar-refractivity contribution >= 4 is 33.2 Å². The highest BCUT2D eigenvalue weighted by molar-refractivity contribution is 7.22. The topological polar surface area (TPSA) is 100 Å². The van der Waals surface area contributed by atoms with Gasteiger partial charge in [0.05, 0.1) is 22.8 Å². The predicted octanol–water partition coefficient (Wildman–Crippen LogP) is 5.51. The predicted molar refractivity (Wildman–Crippen MR) is 146 cm³/mol. The molecule has 0 aliphatic rings. The van der Waals surface area contributed by atoms with Crippen LogP contribution in [-0.4, -0.2) is 27.8 Å². The molecule has 0 radical (unpaired) electrons. The number of nitrogens with one attached hydrogen (secondary N) is 1. The fraction of sp³-hybridized carbons (Fsp3) is 0.107. The number of hydrogen-bond acceptors (Lipinski definition) is 7. The molecule has 0 amide bonds. The molecule has 0 spiro atoms. The molecule has 9 heteroatoms. The molecule has 2 heterocycles. The maximum Gasteiger partial charge on any atom is 0.275 e. The number of thiophene rings is 1. The lowest BCUT2D eigenvalue weighted by molar-refractivity contribution is 0.297. The molecular weight excluding hydrogens is 508 g/mol. The van der Waals surface area contributed by atoms with Crippen molar-refractivity contribution < 1.29 is 9.84 Å². The first-order chi connectivity index (χ1) is 18.0. The number of aromatic nitrogens is 2. The molecule has 0 unspecified atom stereocenters. The molecule has 5 rings (SSSR count). The number of ether oxygens (including phenoxy) is 1. The Balaban J connectivity index is 1.24. The molecule has 0 aliphatic carbocycles. The van der Waals surface area contributed by atoms with Gasteiger partial charge in [0.1, 0.15) is 17.6 Å². The summed E-state index contributed by atoms with van der Waals surface area (Å²) in [5, 5.41) is 23.3. The van der Waals surface area contributed by atoms with E-state index in [-0.39, 0.29) is 11.3 Å². The van der Waals surface area contributed by atoms with Gasteiger partial charge in [-0.25, -0.2) is 4.98 Å². The molecule has 0 aliphatic heterocycles. The van der Waals surface area contributed by atoms with Gasteiger partial charge in [-0.3, -0.25) is 9.36 Å². The van der Waals surface area contributed by atoms with Gasteiger partial charge >= 0.3 is 0 Å². The summed E-state index contributed by atoms with van der Waals surface area (Å²) >= 11 is 7.35. The molecule has 2 aromatic heterocycles. The zero-order valence-electron chi connectivity index (χ0n) is 19.5. The molecular formula is C28H21ClN4O3S. The number of nitriles is 1. The van der Waals surface area contributed by atoms with Crippen molar-refractivity contribution in [1.82, 2.24) is 14.9 Å². The van der Waals surface area contributed by atoms with E-state index in [1.807, 2.05) is 42.5 Å². The monoisotopic (exact) mass is 528 g/mol. The second-order valence-electron chi connectivity index (χ2n) is 8.24. The van der Waals surface area contributed by atoms with Gasteiger partial charge in [-0.15, -0.1) is 11.3 Å². The molecule has 0 fully saturated rings. The van der Waals surface area contributed by atoms with Crippen molar-refractivity contribution in [2.24, 2.45) is 0 Å². The van der Waals surface area contributed by atoms with Gasteiger partial charge in [0.15, 0.2) is 11.5 Å². The third kappa shape index (κ3) is 5.49. The number of phenols is 1. The van der Waals surface area contributed by atoms with Gasteiger partial charge in [-0.05, 0) is 53.6 Å². The average Bonchev–Trinajstić information content (AvgIpc) is 3.36. The van der Waals surface area contributed by atoms with E-state index < -0.39 is 0 Å². The van der Waals surface area contributed by atoms with Crippen LogP contribution in [0.3, 0.4) is 0 Å². The lowest BCUT2D eigenvalue weighted by atomic mass is 10.1. The highest BCUT2D eigenvalue weighted by Crippen LogP contribution is 2.32. The number of rotatable bonds is 8. The zero-order chi connectivity index (χ0) is 25.8. The van der Waals surface area contributed by atoms with Crippen LogP contribution in [-0.2, 0) is 6.54 Å². The van der Waals surface area contributed by atoms with Crippen LogP contribution in [0.15, 0.2) is 83.9 Å². The van der Waals surface area contributed by atoms with E-state index in [9.17, 15) is 9.90 Å². The van der Waals surface area contributed by atoms with Gasteiger partial charge < -0.3 is 15.2 Å². The summed E-state index contributed by atoms with van der Waals surface area (Å²) in [5.74, 6) is 0.261. The van der Waals surface area contributed by atoms with Crippen LogP contribution in [0, 0.1) is 11.3 Å². The number of fused-ring (bicyclic) bond motifs is 1. The van der Waals surface area contributed by atoms with Crippen LogP contribution < -0.4 is 15.6 Å². The third-order valence-corrected chi connectivity index (χ3v) is 7.15. The Labute approximate surface area is 221 Å². The minimum absolute atomic E-state index is 0.0652. The Morgan fingerprint density at radius 3 is 2.59 bits per heavy atom. The first-order valence-corrected chi connectivity index (χ1v) is 12.6. The van der Waals surface area contributed by atoms with Crippen LogP contribution in [0.4, 0.5) is 0 Å². The van der Waals surface area contributed by atoms with Crippen molar-refractivity contribution in [3.05, 3.63) is 106 Å². The summed E-state index contributed by atoms with van der Waals surface area (Å²) in [6.07, 6.45) is 1.46. The molecule has 37 heavy (non-hydrogen) atoms. The number of hydrogen-bond donors (Lipinski definition) is 2. The Hall–Kier alpha value is -4.16. The van der Waals surface area contributed by atoms with Gasteiger partial charge in [0, 0.05) is 29.1 Å².